The Labute approximate surface area is 154 Å². The third kappa shape index (κ3) is 3.62. The summed E-state index contributed by atoms with van der Waals surface area (Å²) < 4.78 is 0. The van der Waals surface area contributed by atoms with E-state index in [9.17, 15) is 19.7 Å². The summed E-state index contributed by atoms with van der Waals surface area (Å²) in [4.78, 5) is 38.0. The number of ketones is 1. The predicted octanol–water partition coefficient (Wildman–Crippen LogP) is 3.55. The van der Waals surface area contributed by atoms with Crippen molar-refractivity contribution in [3.8, 4) is 0 Å². The molecule has 2 unspecified atom stereocenters. The number of halogens is 2. The molecule has 0 aromatic heterocycles. The summed E-state index contributed by atoms with van der Waals surface area (Å²) >= 11 is 6.65. The number of allylic oxidation sites excluding steroid dienone is 2. The average molecular weight is 460 g/mol. The monoisotopic (exact) mass is 458 g/mol. The molecule has 7 nitrogen and oxygen atoms in total. The molecular formula is C15H12Br2N2O5. The Morgan fingerprint density at radius 3 is 2.29 bits per heavy atom. The summed E-state index contributed by atoms with van der Waals surface area (Å²) in [5.41, 5.74) is 1.62. The molecule has 0 saturated carbocycles. The zero-order chi connectivity index (χ0) is 18.0. The maximum atomic E-state index is 12.0. The summed E-state index contributed by atoms with van der Waals surface area (Å²) in [5, 5.41) is 14.5. The van der Waals surface area contributed by atoms with Crippen molar-refractivity contribution in [2.75, 3.05) is 0 Å². The zero-order valence-electron chi connectivity index (χ0n) is 12.7. The van der Waals surface area contributed by atoms with E-state index < -0.39 is 20.5 Å². The van der Waals surface area contributed by atoms with Crippen LogP contribution in [-0.2, 0) is 9.63 Å². The van der Waals surface area contributed by atoms with Crippen molar-refractivity contribution in [1.82, 2.24) is 0 Å². The number of nitro benzene ring substituents is 1. The lowest BCUT2D eigenvalue weighted by Crippen LogP contribution is -2.38. The smallest absolute Gasteiger partial charge is 0.312 e. The predicted molar refractivity (Wildman–Crippen MR) is 94.8 cm³/mol. The second-order valence-corrected chi connectivity index (χ2v) is 7.05. The molecule has 0 spiro atoms. The van der Waals surface area contributed by atoms with Gasteiger partial charge in [0.2, 0.25) is 0 Å². The fourth-order valence-corrected chi connectivity index (χ4v) is 3.30. The molecule has 0 N–H and O–H groups in total. The van der Waals surface area contributed by atoms with E-state index in [0.29, 0.717) is 16.9 Å². The molecule has 126 valence electrons. The lowest BCUT2D eigenvalue weighted by Gasteiger charge is -2.25. The van der Waals surface area contributed by atoms with Gasteiger partial charge >= 0.3 is 5.97 Å². The van der Waals surface area contributed by atoms with E-state index in [1.165, 1.54) is 24.3 Å². The van der Waals surface area contributed by atoms with Crippen molar-refractivity contribution in [2.45, 2.75) is 23.5 Å². The largest absolute Gasteiger partial charge is 0.365 e. The SMILES string of the molecule is CC1=C(C)C(=NOC(=O)c2ccc([N+](=O)[O-])cc2)C(Br)C(Br)C1=O. The molecule has 0 saturated heterocycles. The van der Waals surface area contributed by atoms with Gasteiger partial charge in [-0.2, -0.15) is 0 Å². The molecule has 0 heterocycles. The second kappa shape index (κ2) is 7.35. The molecule has 24 heavy (non-hydrogen) atoms. The Bertz CT molecular complexity index is 771. The zero-order valence-corrected chi connectivity index (χ0v) is 15.8. The molecule has 2 rings (SSSR count). The maximum Gasteiger partial charge on any atom is 0.365 e. The van der Waals surface area contributed by atoms with E-state index in [-0.39, 0.29) is 17.0 Å². The second-order valence-electron chi connectivity index (χ2n) is 5.08. The van der Waals surface area contributed by atoms with Gasteiger partial charge in [-0.05, 0) is 37.1 Å². The first-order chi connectivity index (χ1) is 11.2. The summed E-state index contributed by atoms with van der Waals surface area (Å²) in [6, 6.07) is 5.00. The number of nitro groups is 1. The first-order valence-corrected chi connectivity index (χ1v) is 8.61. The van der Waals surface area contributed by atoms with Crippen LogP contribution in [-0.4, -0.2) is 32.0 Å². The van der Waals surface area contributed by atoms with Gasteiger partial charge in [0.1, 0.15) is 0 Å². The van der Waals surface area contributed by atoms with Gasteiger partial charge in [0.25, 0.3) is 5.69 Å². The van der Waals surface area contributed by atoms with Crippen molar-refractivity contribution >= 4 is 55.0 Å². The Balaban J connectivity index is 2.21. The van der Waals surface area contributed by atoms with E-state index in [1.54, 1.807) is 13.8 Å². The Morgan fingerprint density at radius 1 is 1.17 bits per heavy atom. The van der Waals surface area contributed by atoms with E-state index in [1.807, 2.05) is 0 Å². The van der Waals surface area contributed by atoms with Crippen LogP contribution < -0.4 is 0 Å². The third-order valence-corrected chi connectivity index (χ3v) is 6.24. The van der Waals surface area contributed by atoms with Gasteiger partial charge in [-0.15, -0.1) is 0 Å². The van der Waals surface area contributed by atoms with Gasteiger partial charge in [-0.25, -0.2) is 4.79 Å². The van der Waals surface area contributed by atoms with Crippen LogP contribution in [0.1, 0.15) is 24.2 Å². The normalized spacial score (nSPS) is 22.7. The van der Waals surface area contributed by atoms with Crippen LogP contribution in [0.4, 0.5) is 5.69 Å². The van der Waals surface area contributed by atoms with Gasteiger partial charge in [0.05, 0.1) is 25.9 Å². The number of Topliss-reactive ketones (excluding diaryl/α,β-unsaturated/α-hetero) is 1. The number of hydrogen-bond acceptors (Lipinski definition) is 6. The molecule has 0 amide bonds. The van der Waals surface area contributed by atoms with Crippen molar-refractivity contribution < 1.29 is 19.3 Å². The minimum Gasteiger partial charge on any atom is -0.312 e. The highest BCUT2D eigenvalue weighted by Crippen LogP contribution is 2.30. The van der Waals surface area contributed by atoms with Crippen LogP contribution in [0.5, 0.6) is 0 Å². The molecule has 0 aliphatic heterocycles. The van der Waals surface area contributed by atoms with Crippen molar-refractivity contribution in [3.05, 3.63) is 51.1 Å². The molecule has 1 aromatic rings. The standard InChI is InChI=1S/C15H12Br2N2O5/c1-7-8(2)14(20)12(17)11(16)13(7)18-24-15(21)9-3-5-10(6-4-9)19(22)23/h3-6,11-12H,1-2H3. The molecule has 9 heteroatoms. The fraction of sp³-hybridized carbons (Fsp3) is 0.267. The van der Waals surface area contributed by atoms with E-state index in [4.69, 9.17) is 4.84 Å². The summed E-state index contributed by atoms with van der Waals surface area (Å²) in [7, 11) is 0. The molecule has 1 aliphatic rings. The highest BCUT2D eigenvalue weighted by Gasteiger charge is 2.36. The van der Waals surface area contributed by atoms with Gasteiger partial charge < -0.3 is 4.84 Å². The van der Waals surface area contributed by atoms with E-state index in [0.717, 1.165) is 0 Å². The van der Waals surface area contributed by atoms with Gasteiger partial charge in [-0.1, -0.05) is 37.0 Å². The van der Waals surface area contributed by atoms with Crippen LogP contribution in [0.25, 0.3) is 0 Å². The number of oxime groups is 1. The van der Waals surface area contributed by atoms with E-state index >= 15 is 0 Å². The van der Waals surface area contributed by atoms with Crippen molar-refractivity contribution in [3.63, 3.8) is 0 Å². The Hall–Kier alpha value is -1.87. The average Bonchev–Trinajstić information content (AvgIpc) is 2.58. The van der Waals surface area contributed by atoms with Gasteiger partial charge in [-0.3, -0.25) is 14.9 Å². The van der Waals surface area contributed by atoms with Crippen LogP contribution in [0.3, 0.4) is 0 Å². The number of hydrogen-bond donors (Lipinski definition) is 0. The van der Waals surface area contributed by atoms with Crippen LogP contribution in [0.15, 0.2) is 40.6 Å². The molecule has 0 bridgehead atoms. The molecule has 1 aliphatic carbocycles. The lowest BCUT2D eigenvalue weighted by atomic mass is 9.91. The van der Waals surface area contributed by atoms with Crippen LogP contribution in [0, 0.1) is 10.1 Å². The first-order valence-electron chi connectivity index (χ1n) is 6.78. The Kier molecular flexibility index (Phi) is 5.66. The van der Waals surface area contributed by atoms with Gasteiger partial charge in [0.15, 0.2) is 5.78 Å². The third-order valence-electron chi connectivity index (χ3n) is 3.63. The van der Waals surface area contributed by atoms with E-state index in [2.05, 4.69) is 37.0 Å². The summed E-state index contributed by atoms with van der Waals surface area (Å²) in [6.45, 7) is 3.40. The van der Waals surface area contributed by atoms with Crippen molar-refractivity contribution in [1.29, 1.82) is 0 Å². The molecule has 0 fully saturated rings. The number of nitrogens with zero attached hydrogens (tertiary/aromatic N) is 2. The summed E-state index contributed by atoms with van der Waals surface area (Å²) in [5.74, 6) is -0.805. The lowest BCUT2D eigenvalue weighted by molar-refractivity contribution is -0.384. The molecule has 0 radical (unpaired) electrons. The van der Waals surface area contributed by atoms with Gasteiger partial charge in [0, 0.05) is 12.1 Å². The highest BCUT2D eigenvalue weighted by molar-refractivity contribution is 9.12. The molecule has 2 atom stereocenters. The van der Waals surface area contributed by atoms with Crippen LogP contribution >= 0.6 is 31.9 Å². The highest BCUT2D eigenvalue weighted by atomic mass is 79.9. The maximum absolute atomic E-state index is 12.0. The quantitative estimate of drug-likeness (QED) is 0.298. The topological polar surface area (TPSA) is 98.9 Å². The number of rotatable bonds is 3. The number of carbonyl (C=O) groups excluding carboxylic acids is 2. The number of carbonyl (C=O) groups is 2. The minimum atomic E-state index is -0.745. The molecular weight excluding hydrogens is 448 g/mol. The van der Waals surface area contributed by atoms with Crippen molar-refractivity contribution in [2.24, 2.45) is 5.16 Å². The molecule has 1 aromatic carbocycles. The van der Waals surface area contributed by atoms with Crippen LogP contribution in [0.2, 0.25) is 0 Å². The number of non-ortho nitro benzene ring substituents is 1. The number of alkyl halides is 2. The first kappa shape index (κ1) is 18.5. The fourth-order valence-electron chi connectivity index (χ4n) is 2.04. The number of benzene rings is 1. The Morgan fingerprint density at radius 2 is 1.75 bits per heavy atom. The minimum absolute atomic E-state index is 0.0602. The summed E-state index contributed by atoms with van der Waals surface area (Å²) in [6.07, 6.45) is 0.